The van der Waals surface area contributed by atoms with E-state index in [4.69, 9.17) is 0 Å². The number of nitrogens with zero attached hydrogens (tertiary/aromatic N) is 1. The van der Waals surface area contributed by atoms with Crippen molar-refractivity contribution in [2.24, 2.45) is 0 Å². The molecule has 1 aliphatic rings. The first-order valence-corrected chi connectivity index (χ1v) is 6.78. The van der Waals surface area contributed by atoms with Gasteiger partial charge < -0.3 is 5.32 Å². The summed E-state index contributed by atoms with van der Waals surface area (Å²) in [4.78, 5) is 1.70. The van der Waals surface area contributed by atoms with Crippen LogP contribution >= 0.6 is 0 Å². The van der Waals surface area contributed by atoms with Crippen LogP contribution in [-0.4, -0.2) is 37.5 Å². The second-order valence-electron chi connectivity index (χ2n) is 5.01. The van der Waals surface area contributed by atoms with Crippen molar-refractivity contribution < 1.29 is 22.0 Å². The topological polar surface area (TPSA) is 15.3 Å². The first-order valence-electron chi connectivity index (χ1n) is 6.78. The lowest BCUT2D eigenvalue weighted by Crippen LogP contribution is -2.45. The molecule has 1 fully saturated rings. The third-order valence-corrected chi connectivity index (χ3v) is 3.62. The van der Waals surface area contributed by atoms with E-state index in [1.165, 1.54) is 18.2 Å². The van der Waals surface area contributed by atoms with Gasteiger partial charge in [0.05, 0.1) is 5.56 Å². The largest absolute Gasteiger partial charge is 0.416 e. The fourth-order valence-corrected chi connectivity index (χ4v) is 2.68. The van der Waals surface area contributed by atoms with Gasteiger partial charge in [-0.15, -0.1) is 0 Å². The van der Waals surface area contributed by atoms with Gasteiger partial charge in [0.2, 0.25) is 6.43 Å². The van der Waals surface area contributed by atoms with E-state index in [9.17, 15) is 22.0 Å². The molecule has 2 rings (SSSR count). The zero-order valence-electron chi connectivity index (χ0n) is 11.3. The van der Waals surface area contributed by atoms with Crippen molar-refractivity contribution in [2.45, 2.75) is 25.1 Å². The molecule has 1 aliphatic heterocycles. The predicted molar refractivity (Wildman–Crippen MR) is 69.2 cm³/mol. The lowest BCUT2D eigenvalue weighted by molar-refractivity contribution is -0.139. The van der Waals surface area contributed by atoms with E-state index in [1.807, 2.05) is 0 Å². The monoisotopic (exact) mass is 308 g/mol. The van der Waals surface area contributed by atoms with Crippen LogP contribution in [0.1, 0.15) is 23.6 Å². The van der Waals surface area contributed by atoms with Gasteiger partial charge in [-0.1, -0.05) is 18.2 Å². The molecule has 1 heterocycles. The Morgan fingerprint density at radius 3 is 2.29 bits per heavy atom. The number of piperazine rings is 1. The van der Waals surface area contributed by atoms with Crippen molar-refractivity contribution in [2.75, 3.05) is 26.2 Å². The van der Waals surface area contributed by atoms with E-state index in [0.717, 1.165) is 6.07 Å². The van der Waals surface area contributed by atoms with Crippen molar-refractivity contribution in [3.8, 4) is 0 Å². The van der Waals surface area contributed by atoms with Gasteiger partial charge in [0, 0.05) is 38.6 Å². The van der Waals surface area contributed by atoms with E-state index < -0.39 is 30.6 Å². The van der Waals surface area contributed by atoms with Crippen molar-refractivity contribution in [3.05, 3.63) is 35.4 Å². The van der Waals surface area contributed by atoms with Gasteiger partial charge in [0.15, 0.2) is 0 Å². The molecule has 0 amide bonds. The number of hydrogen-bond donors (Lipinski definition) is 1. The highest BCUT2D eigenvalue weighted by atomic mass is 19.4. The van der Waals surface area contributed by atoms with Gasteiger partial charge in [-0.05, 0) is 11.6 Å². The standard InChI is InChI=1S/C14H17F5N2/c15-13(16)9-12(21-7-5-20-6-8-21)10-3-1-2-4-11(10)14(17,18)19/h1-4,12-13,20H,5-9H2/t12-/m0/s1. The highest BCUT2D eigenvalue weighted by molar-refractivity contribution is 5.32. The van der Waals surface area contributed by atoms with Gasteiger partial charge in [-0.25, -0.2) is 8.78 Å². The lowest BCUT2D eigenvalue weighted by atomic mass is 9.95. The second kappa shape index (κ2) is 6.70. The SMILES string of the molecule is FC(F)C[C@@H](c1ccccc1C(F)(F)F)N1CCNCC1. The normalized spacial score (nSPS) is 19.0. The number of hydrogen-bond acceptors (Lipinski definition) is 2. The van der Waals surface area contributed by atoms with Gasteiger partial charge in [-0.3, -0.25) is 4.90 Å². The van der Waals surface area contributed by atoms with Gasteiger partial charge in [0.25, 0.3) is 0 Å². The van der Waals surface area contributed by atoms with Crippen LogP contribution in [0.3, 0.4) is 0 Å². The number of halogens is 5. The Balaban J connectivity index is 2.36. The maximum atomic E-state index is 13.1. The molecule has 0 aromatic heterocycles. The quantitative estimate of drug-likeness (QED) is 0.859. The molecular formula is C14H17F5N2. The first kappa shape index (κ1) is 16.2. The third kappa shape index (κ3) is 4.14. The summed E-state index contributed by atoms with van der Waals surface area (Å²) in [6.07, 6.45) is -7.77. The molecule has 0 aliphatic carbocycles. The highest BCUT2D eigenvalue weighted by Gasteiger charge is 2.37. The van der Waals surface area contributed by atoms with Crippen LogP contribution in [0.4, 0.5) is 22.0 Å². The Kier molecular flexibility index (Phi) is 5.16. The average Bonchev–Trinajstić information content (AvgIpc) is 2.44. The summed E-state index contributed by atoms with van der Waals surface area (Å²) in [6, 6.07) is 4.09. The minimum Gasteiger partial charge on any atom is -0.314 e. The van der Waals surface area contributed by atoms with Crippen LogP contribution in [0.5, 0.6) is 0 Å². The Hall–Kier alpha value is -1.21. The van der Waals surface area contributed by atoms with Crippen LogP contribution in [0.25, 0.3) is 0 Å². The van der Waals surface area contributed by atoms with Crippen molar-refractivity contribution in [3.63, 3.8) is 0 Å². The minimum absolute atomic E-state index is 0.0628. The van der Waals surface area contributed by atoms with Crippen LogP contribution in [-0.2, 0) is 6.18 Å². The second-order valence-corrected chi connectivity index (χ2v) is 5.01. The van der Waals surface area contributed by atoms with E-state index in [-0.39, 0.29) is 5.56 Å². The minimum atomic E-state index is -4.54. The van der Waals surface area contributed by atoms with E-state index in [0.29, 0.717) is 26.2 Å². The number of benzene rings is 1. The van der Waals surface area contributed by atoms with E-state index in [2.05, 4.69) is 5.32 Å². The maximum absolute atomic E-state index is 13.1. The predicted octanol–water partition coefficient (Wildman–Crippen LogP) is 3.31. The van der Waals surface area contributed by atoms with Crippen LogP contribution in [0, 0.1) is 0 Å². The molecule has 1 atom stereocenters. The molecule has 1 saturated heterocycles. The number of nitrogens with one attached hydrogen (secondary N) is 1. The summed E-state index contributed by atoms with van der Waals surface area (Å²) in [5.41, 5.74) is -0.888. The average molecular weight is 308 g/mol. The fraction of sp³-hybridized carbons (Fsp3) is 0.571. The Bertz CT molecular complexity index is 455. The fourth-order valence-electron chi connectivity index (χ4n) is 2.68. The molecule has 0 spiro atoms. The Labute approximate surface area is 119 Å². The summed E-state index contributed by atoms with van der Waals surface area (Å²) < 4.78 is 64.9. The maximum Gasteiger partial charge on any atom is 0.416 e. The zero-order valence-corrected chi connectivity index (χ0v) is 11.3. The molecule has 0 saturated carbocycles. The van der Waals surface area contributed by atoms with Gasteiger partial charge in [0.1, 0.15) is 0 Å². The van der Waals surface area contributed by atoms with E-state index >= 15 is 0 Å². The highest BCUT2D eigenvalue weighted by Crippen LogP contribution is 2.38. The van der Waals surface area contributed by atoms with Crippen LogP contribution in [0.2, 0.25) is 0 Å². The summed E-state index contributed by atoms with van der Waals surface area (Å²) >= 11 is 0. The van der Waals surface area contributed by atoms with Crippen molar-refractivity contribution in [1.29, 1.82) is 0 Å². The van der Waals surface area contributed by atoms with Crippen molar-refractivity contribution in [1.82, 2.24) is 10.2 Å². The lowest BCUT2D eigenvalue weighted by Gasteiger charge is -2.36. The third-order valence-electron chi connectivity index (χ3n) is 3.62. The molecular weight excluding hydrogens is 291 g/mol. The van der Waals surface area contributed by atoms with E-state index in [1.54, 1.807) is 4.90 Å². The molecule has 0 bridgehead atoms. The summed E-state index contributed by atoms with van der Waals surface area (Å²) in [5.74, 6) is 0. The Morgan fingerprint density at radius 1 is 1.10 bits per heavy atom. The molecule has 0 radical (unpaired) electrons. The summed E-state index contributed by atoms with van der Waals surface area (Å²) in [5, 5.41) is 3.07. The Morgan fingerprint density at radius 2 is 1.71 bits per heavy atom. The summed E-state index contributed by atoms with van der Waals surface area (Å²) in [6.45, 7) is 2.11. The van der Waals surface area contributed by atoms with Gasteiger partial charge >= 0.3 is 6.18 Å². The van der Waals surface area contributed by atoms with Crippen LogP contribution in [0.15, 0.2) is 24.3 Å². The molecule has 1 aromatic rings. The molecule has 1 N–H and O–H groups in total. The number of alkyl halides is 5. The zero-order chi connectivity index (χ0) is 15.5. The molecule has 21 heavy (non-hydrogen) atoms. The number of rotatable bonds is 4. The summed E-state index contributed by atoms with van der Waals surface area (Å²) in [7, 11) is 0. The van der Waals surface area contributed by atoms with Crippen LogP contribution < -0.4 is 5.32 Å². The molecule has 118 valence electrons. The first-order chi connectivity index (χ1) is 9.89. The van der Waals surface area contributed by atoms with Crippen molar-refractivity contribution >= 4 is 0 Å². The molecule has 1 aromatic carbocycles. The molecule has 7 heteroatoms. The van der Waals surface area contributed by atoms with Gasteiger partial charge in [-0.2, -0.15) is 13.2 Å². The smallest absolute Gasteiger partial charge is 0.314 e. The molecule has 0 unspecified atom stereocenters. The molecule has 2 nitrogen and oxygen atoms in total.